The van der Waals surface area contributed by atoms with Gasteiger partial charge in [0.25, 0.3) is 0 Å². The van der Waals surface area contributed by atoms with Crippen molar-refractivity contribution in [3.8, 4) is 11.5 Å². The first kappa shape index (κ1) is 60.0. The number of halogens is 3. The molecule has 0 radical (unpaired) electrons. The van der Waals surface area contributed by atoms with E-state index >= 15 is 0 Å². The number of likely N-dealkylation sites (tertiary alicyclic amines) is 1. The molecule has 1 saturated heterocycles. The molecular weight excluding hydrogens is 776 g/mol. The quantitative estimate of drug-likeness (QED) is 0.0907. The molecule has 2 aromatic rings. The van der Waals surface area contributed by atoms with Gasteiger partial charge >= 0.3 is 6.18 Å². The Labute approximate surface area is 371 Å². The average Bonchev–Trinajstić information content (AvgIpc) is 3.21. The lowest BCUT2D eigenvalue weighted by atomic mass is 9.98. The molecule has 7 nitrogen and oxygen atoms in total. The summed E-state index contributed by atoms with van der Waals surface area (Å²) in [6, 6.07) is 10.6. The van der Waals surface area contributed by atoms with E-state index in [0.29, 0.717) is 12.8 Å². The maximum absolute atomic E-state index is 12.1. The van der Waals surface area contributed by atoms with Crippen molar-refractivity contribution in [3.63, 3.8) is 0 Å². The zero-order valence-electron chi connectivity index (χ0n) is 40.8. The van der Waals surface area contributed by atoms with Crippen molar-refractivity contribution in [1.82, 2.24) is 9.80 Å². The molecule has 0 aromatic heterocycles. The fourth-order valence-electron chi connectivity index (χ4n) is 6.73. The number of unbranched alkanes of at least 4 members (excludes halogenated alkanes) is 3. The number of piperidine rings is 1. The topological polar surface area (TPSA) is 93.1 Å². The summed E-state index contributed by atoms with van der Waals surface area (Å²) in [5, 5.41) is 20.7. The number of benzene rings is 2. The SMILES string of the molecule is CCC(C)=O.CCCC(=O)Nc1ccccc1CC.CCCCCN(CCC)C(CCC)CCC(C)C.CCCCN1CCC(C)CC1.Cc1cc(O)c(O)c(C(F)(F)F)c1. The Kier molecular flexibility index (Phi) is 35.8. The number of phenols is 2. The largest absolute Gasteiger partial charge is 0.504 e. The number of para-hydroxylation sites is 1. The predicted molar refractivity (Wildman–Crippen MR) is 254 cm³/mol. The lowest BCUT2D eigenvalue weighted by Gasteiger charge is -2.32. The summed E-state index contributed by atoms with van der Waals surface area (Å²) >= 11 is 0. The second-order valence-corrected chi connectivity index (χ2v) is 17.1. The van der Waals surface area contributed by atoms with E-state index in [4.69, 9.17) is 10.2 Å². The highest BCUT2D eigenvalue weighted by atomic mass is 19.4. The van der Waals surface area contributed by atoms with Crippen LogP contribution in [0, 0.1) is 18.8 Å². The highest BCUT2D eigenvalue weighted by Crippen LogP contribution is 2.41. The Morgan fingerprint density at radius 3 is 1.93 bits per heavy atom. The van der Waals surface area contributed by atoms with E-state index in [0.717, 1.165) is 48.5 Å². The molecule has 3 rings (SSSR count). The lowest BCUT2D eigenvalue weighted by molar-refractivity contribution is -0.139. The molecule has 1 amide bonds. The standard InChI is InChI=1S/C17H37N.C12H17NO.C10H21N.C8H7F3O2.C4H8O/c1-6-9-10-15-18(14-8-3)17(11-7-2)13-12-16(4)5;1-3-7-12(14)13-11-9-6-5-8-10(11)4-2;1-3-4-7-11-8-5-10(2)6-9-11;1-4-2-5(8(9,10)11)7(13)6(12)3-4;1-3-4(2)5/h16-17H,6-15H2,1-5H3;5-6,8-9H,3-4,7H2,1-2H3,(H,13,14);10H,3-9H2,1-2H3;2-3,12-13H,1H3;3H2,1-2H3. The molecule has 1 fully saturated rings. The summed E-state index contributed by atoms with van der Waals surface area (Å²) < 4.78 is 36.4. The Morgan fingerprint density at radius 1 is 0.836 bits per heavy atom. The molecular formula is C51H90F3N3O4. The number of amides is 1. The van der Waals surface area contributed by atoms with Gasteiger partial charge in [0, 0.05) is 24.6 Å². The molecule has 1 aliphatic rings. The number of nitrogens with zero attached hydrogens (tertiary/aromatic N) is 2. The summed E-state index contributed by atoms with van der Waals surface area (Å²) in [7, 11) is 0. The van der Waals surface area contributed by atoms with Crippen LogP contribution < -0.4 is 5.32 Å². The van der Waals surface area contributed by atoms with Crippen LogP contribution in [0.1, 0.15) is 189 Å². The van der Waals surface area contributed by atoms with Crippen LogP contribution in [0.2, 0.25) is 0 Å². The minimum Gasteiger partial charge on any atom is -0.504 e. The number of Topliss-reactive ketones (excluding diaryl/α,β-unsaturated/α-hetero) is 1. The van der Waals surface area contributed by atoms with Crippen molar-refractivity contribution < 1.29 is 33.0 Å². The molecule has 3 N–H and O–H groups in total. The predicted octanol–water partition coefficient (Wildman–Crippen LogP) is 14.4. The normalized spacial score (nSPS) is 13.4. The van der Waals surface area contributed by atoms with Gasteiger partial charge in [0.15, 0.2) is 11.5 Å². The first-order valence-electron chi connectivity index (χ1n) is 23.8. The Balaban J connectivity index is 0. The van der Waals surface area contributed by atoms with Gasteiger partial charge in [-0.05, 0) is 152 Å². The second-order valence-electron chi connectivity index (χ2n) is 17.1. The number of ketones is 1. The summed E-state index contributed by atoms with van der Waals surface area (Å²) in [5.74, 6) is 0.306. The molecule has 2 aromatic carbocycles. The summed E-state index contributed by atoms with van der Waals surface area (Å²) in [5.41, 5.74) is 1.16. The molecule has 0 saturated carbocycles. The number of aromatic hydroxyl groups is 2. The number of hydrogen-bond acceptors (Lipinski definition) is 6. The molecule has 0 bridgehead atoms. The zero-order chi connectivity index (χ0) is 46.8. The van der Waals surface area contributed by atoms with Gasteiger partial charge < -0.3 is 30.1 Å². The van der Waals surface area contributed by atoms with Gasteiger partial charge in [-0.25, -0.2) is 0 Å². The maximum atomic E-state index is 12.1. The first-order chi connectivity index (χ1) is 28.8. The lowest BCUT2D eigenvalue weighted by Crippen LogP contribution is -2.37. The van der Waals surface area contributed by atoms with E-state index in [9.17, 15) is 22.8 Å². The molecule has 10 heteroatoms. The van der Waals surface area contributed by atoms with E-state index < -0.39 is 23.2 Å². The third-order valence-corrected chi connectivity index (χ3v) is 10.7. The van der Waals surface area contributed by atoms with Crippen molar-refractivity contribution >= 4 is 17.4 Å². The molecule has 0 spiro atoms. The van der Waals surface area contributed by atoms with E-state index in [2.05, 4.69) is 70.5 Å². The fraction of sp³-hybridized carbons (Fsp3) is 0.725. The van der Waals surface area contributed by atoms with Crippen LogP contribution in [0.5, 0.6) is 11.5 Å². The number of rotatable bonds is 20. The minimum atomic E-state index is -4.65. The third-order valence-electron chi connectivity index (χ3n) is 10.7. The zero-order valence-corrected chi connectivity index (χ0v) is 40.8. The first-order valence-corrected chi connectivity index (χ1v) is 23.8. The Morgan fingerprint density at radius 2 is 1.44 bits per heavy atom. The van der Waals surface area contributed by atoms with E-state index in [1.807, 2.05) is 38.1 Å². The molecule has 0 aliphatic carbocycles. The number of alkyl halides is 3. The van der Waals surface area contributed by atoms with Gasteiger partial charge in [-0.3, -0.25) is 4.79 Å². The van der Waals surface area contributed by atoms with Crippen LogP contribution in [0.4, 0.5) is 18.9 Å². The molecule has 1 atom stereocenters. The Hall–Kier alpha value is -3.11. The van der Waals surface area contributed by atoms with Crippen LogP contribution in [-0.4, -0.2) is 70.5 Å². The van der Waals surface area contributed by atoms with Gasteiger partial charge in [0.05, 0.1) is 0 Å². The molecule has 1 aliphatic heterocycles. The molecule has 1 unspecified atom stereocenters. The number of anilines is 1. The molecule has 61 heavy (non-hydrogen) atoms. The van der Waals surface area contributed by atoms with Crippen molar-refractivity contribution in [2.45, 2.75) is 198 Å². The van der Waals surface area contributed by atoms with Gasteiger partial charge in [-0.15, -0.1) is 0 Å². The Bertz CT molecular complexity index is 1390. The van der Waals surface area contributed by atoms with E-state index in [-0.39, 0.29) is 17.3 Å². The van der Waals surface area contributed by atoms with Crippen LogP contribution in [-0.2, 0) is 22.2 Å². The van der Waals surface area contributed by atoms with Gasteiger partial charge in [0.1, 0.15) is 11.3 Å². The van der Waals surface area contributed by atoms with Crippen molar-refractivity contribution in [2.24, 2.45) is 11.8 Å². The van der Waals surface area contributed by atoms with E-state index in [1.165, 1.54) is 122 Å². The number of carbonyl (C=O) groups excluding carboxylic acids is 2. The van der Waals surface area contributed by atoms with Crippen molar-refractivity contribution in [2.75, 3.05) is 38.0 Å². The molecule has 354 valence electrons. The smallest absolute Gasteiger partial charge is 0.420 e. The van der Waals surface area contributed by atoms with Crippen LogP contribution in [0.25, 0.3) is 0 Å². The summed E-state index contributed by atoms with van der Waals surface area (Å²) in [4.78, 5) is 26.6. The van der Waals surface area contributed by atoms with Crippen molar-refractivity contribution in [1.29, 1.82) is 0 Å². The van der Waals surface area contributed by atoms with Gasteiger partial charge in [0.2, 0.25) is 5.91 Å². The third kappa shape index (κ3) is 30.6. The number of carbonyl (C=O) groups is 2. The van der Waals surface area contributed by atoms with Crippen LogP contribution >= 0.6 is 0 Å². The summed E-state index contributed by atoms with van der Waals surface area (Å²) in [6.07, 6.45) is 14.9. The maximum Gasteiger partial charge on any atom is 0.420 e. The minimum absolute atomic E-state index is 0.105. The highest BCUT2D eigenvalue weighted by molar-refractivity contribution is 5.91. The summed E-state index contributed by atoms with van der Waals surface area (Å²) in [6.45, 7) is 31.9. The number of hydrogen-bond donors (Lipinski definition) is 3. The molecule has 1 heterocycles. The monoisotopic (exact) mass is 866 g/mol. The average molecular weight is 866 g/mol. The number of aryl methyl sites for hydroxylation is 2. The van der Waals surface area contributed by atoms with E-state index in [1.54, 1.807) is 6.92 Å². The second kappa shape index (κ2) is 36.4. The van der Waals surface area contributed by atoms with Crippen molar-refractivity contribution in [3.05, 3.63) is 53.1 Å². The van der Waals surface area contributed by atoms with Gasteiger partial charge in [-0.1, -0.05) is 113 Å². The fourth-order valence-corrected chi connectivity index (χ4v) is 6.73. The highest BCUT2D eigenvalue weighted by Gasteiger charge is 2.35. The number of nitrogens with one attached hydrogen (secondary N) is 1. The van der Waals surface area contributed by atoms with Gasteiger partial charge in [-0.2, -0.15) is 13.2 Å². The van der Waals surface area contributed by atoms with Crippen LogP contribution in [0.15, 0.2) is 36.4 Å². The number of phenolic OH excluding ortho intramolecular Hbond substituents is 2. The van der Waals surface area contributed by atoms with Crippen LogP contribution in [0.3, 0.4) is 0 Å².